The standard InChI is InChI=1S/C15H16Cl2N4O2/c1-21-5-7-10(6-21)19-15(18)20-12(7)11-8(16)4-9(17)13(22-2)14(11)23-3/h4H,5-6H2,1-3H3,(H2,18,19,20). The van der Waals surface area contributed by atoms with E-state index < -0.39 is 0 Å². The number of hydrogen-bond donors (Lipinski definition) is 1. The lowest BCUT2D eigenvalue weighted by atomic mass is 10.0. The van der Waals surface area contributed by atoms with Crippen LogP contribution >= 0.6 is 23.2 Å². The first-order valence-electron chi connectivity index (χ1n) is 6.90. The van der Waals surface area contributed by atoms with Gasteiger partial charge in [-0.2, -0.15) is 0 Å². The molecule has 0 unspecified atom stereocenters. The van der Waals surface area contributed by atoms with Crippen molar-refractivity contribution < 1.29 is 9.47 Å². The van der Waals surface area contributed by atoms with Gasteiger partial charge in [-0.15, -0.1) is 0 Å². The van der Waals surface area contributed by atoms with E-state index in [0.717, 1.165) is 11.3 Å². The summed E-state index contributed by atoms with van der Waals surface area (Å²) >= 11 is 12.6. The predicted octanol–water partition coefficient (Wildman–Crippen LogP) is 3.00. The minimum absolute atomic E-state index is 0.195. The van der Waals surface area contributed by atoms with Crippen LogP contribution in [0.4, 0.5) is 5.95 Å². The number of aromatic nitrogens is 2. The molecular formula is C15H16Cl2N4O2. The van der Waals surface area contributed by atoms with Crippen LogP contribution in [0, 0.1) is 0 Å². The Morgan fingerprint density at radius 2 is 1.78 bits per heavy atom. The summed E-state index contributed by atoms with van der Waals surface area (Å²) in [5.41, 5.74) is 9.00. The van der Waals surface area contributed by atoms with Crippen LogP contribution < -0.4 is 15.2 Å². The van der Waals surface area contributed by atoms with Crippen LogP contribution in [0.1, 0.15) is 11.3 Å². The van der Waals surface area contributed by atoms with E-state index in [9.17, 15) is 0 Å². The first-order valence-corrected chi connectivity index (χ1v) is 7.66. The highest BCUT2D eigenvalue weighted by atomic mass is 35.5. The molecule has 1 aliphatic heterocycles. The van der Waals surface area contributed by atoms with E-state index in [1.807, 2.05) is 7.05 Å². The van der Waals surface area contributed by atoms with Gasteiger partial charge in [0.15, 0.2) is 11.5 Å². The number of anilines is 1. The molecule has 3 rings (SSSR count). The zero-order chi connectivity index (χ0) is 16.7. The number of benzene rings is 1. The highest BCUT2D eigenvalue weighted by Gasteiger charge is 2.28. The second-order valence-corrected chi connectivity index (χ2v) is 6.12. The number of nitrogens with two attached hydrogens (primary N) is 1. The molecule has 1 aliphatic rings. The summed E-state index contributed by atoms with van der Waals surface area (Å²) in [4.78, 5) is 10.8. The van der Waals surface area contributed by atoms with Crippen LogP contribution in [0.15, 0.2) is 6.07 Å². The molecule has 2 heterocycles. The summed E-state index contributed by atoms with van der Waals surface area (Å²) in [6.07, 6.45) is 0. The van der Waals surface area contributed by atoms with Gasteiger partial charge >= 0.3 is 0 Å². The zero-order valence-corrected chi connectivity index (χ0v) is 14.5. The van der Waals surface area contributed by atoms with Gasteiger partial charge in [0.25, 0.3) is 0 Å². The maximum atomic E-state index is 6.43. The van der Waals surface area contributed by atoms with Gasteiger partial charge < -0.3 is 15.2 Å². The normalized spacial score (nSPS) is 14.0. The third-order valence-corrected chi connectivity index (χ3v) is 4.32. The van der Waals surface area contributed by atoms with Crippen LogP contribution in [0.5, 0.6) is 11.5 Å². The maximum Gasteiger partial charge on any atom is 0.220 e. The van der Waals surface area contributed by atoms with E-state index in [2.05, 4.69) is 14.9 Å². The zero-order valence-electron chi connectivity index (χ0n) is 13.0. The van der Waals surface area contributed by atoms with Crippen molar-refractivity contribution in [3.05, 3.63) is 27.4 Å². The fourth-order valence-corrected chi connectivity index (χ4v) is 3.43. The summed E-state index contributed by atoms with van der Waals surface area (Å²) in [5.74, 6) is 1.03. The number of nitrogens with zero attached hydrogens (tertiary/aromatic N) is 3. The first kappa shape index (κ1) is 16.1. The molecule has 0 atom stereocenters. The van der Waals surface area contributed by atoms with Gasteiger partial charge in [-0.1, -0.05) is 23.2 Å². The molecule has 0 amide bonds. The smallest absolute Gasteiger partial charge is 0.220 e. The average molecular weight is 355 g/mol. The van der Waals surface area contributed by atoms with Crippen molar-refractivity contribution in [2.24, 2.45) is 0 Å². The lowest BCUT2D eigenvalue weighted by Crippen LogP contribution is -2.08. The Hall–Kier alpha value is -1.76. The van der Waals surface area contributed by atoms with Gasteiger partial charge in [0.05, 0.1) is 41.2 Å². The maximum absolute atomic E-state index is 6.43. The van der Waals surface area contributed by atoms with Gasteiger partial charge in [-0.3, -0.25) is 4.90 Å². The Morgan fingerprint density at radius 3 is 2.43 bits per heavy atom. The van der Waals surface area contributed by atoms with E-state index in [-0.39, 0.29) is 5.95 Å². The molecule has 1 aromatic carbocycles. The van der Waals surface area contributed by atoms with Gasteiger partial charge in [-0.05, 0) is 13.1 Å². The van der Waals surface area contributed by atoms with Crippen LogP contribution in [0.25, 0.3) is 11.3 Å². The minimum atomic E-state index is 0.195. The van der Waals surface area contributed by atoms with Crippen molar-refractivity contribution in [3.63, 3.8) is 0 Å². The van der Waals surface area contributed by atoms with E-state index in [1.54, 1.807) is 6.07 Å². The molecule has 0 aliphatic carbocycles. The molecule has 0 radical (unpaired) electrons. The Balaban J connectivity index is 2.33. The molecule has 0 saturated heterocycles. The van der Waals surface area contributed by atoms with E-state index in [4.69, 9.17) is 38.4 Å². The quantitative estimate of drug-likeness (QED) is 0.913. The van der Waals surface area contributed by atoms with Gasteiger partial charge in [-0.25, -0.2) is 9.97 Å². The van der Waals surface area contributed by atoms with Crippen molar-refractivity contribution >= 4 is 29.2 Å². The van der Waals surface area contributed by atoms with Crippen molar-refractivity contribution in [2.45, 2.75) is 13.1 Å². The molecule has 1 aromatic heterocycles. The molecule has 8 heteroatoms. The highest BCUT2D eigenvalue weighted by molar-refractivity contribution is 6.38. The van der Waals surface area contributed by atoms with Crippen molar-refractivity contribution in [1.82, 2.24) is 14.9 Å². The summed E-state index contributed by atoms with van der Waals surface area (Å²) in [5, 5.41) is 0.788. The molecular weight excluding hydrogens is 339 g/mol. The van der Waals surface area contributed by atoms with Crippen molar-refractivity contribution in [1.29, 1.82) is 0 Å². The fourth-order valence-electron chi connectivity index (χ4n) is 2.82. The van der Waals surface area contributed by atoms with E-state index >= 15 is 0 Å². The van der Waals surface area contributed by atoms with E-state index in [0.29, 0.717) is 45.9 Å². The number of hydrogen-bond acceptors (Lipinski definition) is 6. The highest BCUT2D eigenvalue weighted by Crippen LogP contribution is 2.48. The monoisotopic (exact) mass is 354 g/mol. The lowest BCUT2D eigenvalue weighted by Gasteiger charge is -2.17. The lowest BCUT2D eigenvalue weighted by molar-refractivity contribution is 0.351. The van der Waals surface area contributed by atoms with Crippen LogP contribution in [0.2, 0.25) is 10.0 Å². The van der Waals surface area contributed by atoms with Crippen LogP contribution in [-0.4, -0.2) is 36.1 Å². The van der Waals surface area contributed by atoms with E-state index in [1.165, 1.54) is 14.2 Å². The molecule has 0 bridgehead atoms. The summed E-state index contributed by atoms with van der Waals surface area (Å²) in [6.45, 7) is 1.41. The van der Waals surface area contributed by atoms with Gasteiger partial charge in [0.2, 0.25) is 5.95 Å². The van der Waals surface area contributed by atoms with Crippen molar-refractivity contribution in [2.75, 3.05) is 27.0 Å². The topological polar surface area (TPSA) is 73.5 Å². The Labute approximate surface area is 144 Å². The largest absolute Gasteiger partial charge is 0.492 e. The second kappa shape index (κ2) is 6.03. The van der Waals surface area contributed by atoms with Gasteiger partial charge in [0.1, 0.15) is 0 Å². The van der Waals surface area contributed by atoms with Crippen LogP contribution in [-0.2, 0) is 13.1 Å². The molecule has 2 aromatic rings. The summed E-state index contributed by atoms with van der Waals surface area (Å²) < 4.78 is 10.9. The average Bonchev–Trinajstić information content (AvgIpc) is 2.85. The number of ether oxygens (including phenoxy) is 2. The number of halogens is 2. The predicted molar refractivity (Wildman–Crippen MR) is 90.2 cm³/mol. The van der Waals surface area contributed by atoms with Gasteiger partial charge in [0, 0.05) is 18.7 Å². The first-order chi connectivity index (χ1) is 11.0. The molecule has 0 fully saturated rings. The number of rotatable bonds is 3. The fraction of sp³-hybridized carbons (Fsp3) is 0.333. The third kappa shape index (κ3) is 2.67. The molecule has 6 nitrogen and oxygen atoms in total. The van der Waals surface area contributed by atoms with Crippen LogP contribution in [0.3, 0.4) is 0 Å². The molecule has 23 heavy (non-hydrogen) atoms. The third-order valence-electron chi connectivity index (χ3n) is 3.75. The number of nitrogen functional groups attached to an aromatic ring is 1. The molecule has 0 spiro atoms. The number of fused-ring (bicyclic) bond motifs is 1. The second-order valence-electron chi connectivity index (χ2n) is 5.31. The molecule has 2 N–H and O–H groups in total. The molecule has 122 valence electrons. The summed E-state index contributed by atoms with van der Waals surface area (Å²) in [6, 6.07) is 1.61. The summed E-state index contributed by atoms with van der Waals surface area (Å²) in [7, 11) is 5.06. The van der Waals surface area contributed by atoms with Crippen molar-refractivity contribution in [3.8, 4) is 22.8 Å². The minimum Gasteiger partial charge on any atom is -0.492 e. The molecule has 0 saturated carbocycles. The number of methoxy groups -OCH3 is 2. The Bertz CT molecular complexity index is 783. The Kier molecular flexibility index (Phi) is 4.23. The SMILES string of the molecule is COc1c(Cl)cc(Cl)c(-c2nc(N)nc3c2CN(C)C3)c1OC. The Morgan fingerprint density at radius 1 is 1.09 bits per heavy atom.